The van der Waals surface area contributed by atoms with Crippen molar-refractivity contribution >= 4 is 12.2 Å². The molecular formula is C12H13F2NO3. The van der Waals surface area contributed by atoms with Gasteiger partial charge in [-0.2, -0.15) is 0 Å². The molecule has 0 saturated carbocycles. The second kappa shape index (κ2) is 5.57. The first-order valence-corrected chi connectivity index (χ1v) is 5.19. The summed E-state index contributed by atoms with van der Waals surface area (Å²) in [5.74, 6) is -3.12. The Balaban J connectivity index is 2.98. The van der Waals surface area contributed by atoms with Crippen LogP contribution in [0.15, 0.2) is 12.1 Å². The van der Waals surface area contributed by atoms with Crippen LogP contribution in [0.25, 0.3) is 0 Å². The van der Waals surface area contributed by atoms with Gasteiger partial charge in [0.1, 0.15) is 6.29 Å². The van der Waals surface area contributed by atoms with Crippen molar-refractivity contribution < 1.29 is 23.1 Å². The van der Waals surface area contributed by atoms with E-state index in [-0.39, 0.29) is 5.56 Å². The quantitative estimate of drug-likeness (QED) is 0.770. The lowest BCUT2D eigenvalue weighted by Gasteiger charge is -2.18. The Morgan fingerprint density at radius 2 is 1.83 bits per heavy atom. The van der Waals surface area contributed by atoms with Gasteiger partial charge in [0.15, 0.2) is 23.5 Å². The maximum Gasteiger partial charge on any atom is 0.262 e. The van der Waals surface area contributed by atoms with Crippen LogP contribution in [0.1, 0.15) is 17.3 Å². The molecule has 0 N–H and O–H groups in total. The number of amides is 1. The first kappa shape index (κ1) is 14.1. The lowest BCUT2D eigenvalue weighted by molar-refractivity contribution is -0.135. The maximum absolute atomic E-state index is 13.5. The Kier molecular flexibility index (Phi) is 4.36. The van der Waals surface area contributed by atoms with E-state index in [1.54, 1.807) is 0 Å². The van der Waals surface area contributed by atoms with Gasteiger partial charge in [0.05, 0.1) is 0 Å². The largest absolute Gasteiger partial charge is 0.475 e. The Hall–Kier alpha value is -1.98. The lowest BCUT2D eigenvalue weighted by atomic mass is 10.2. The van der Waals surface area contributed by atoms with E-state index < -0.39 is 29.4 Å². The molecule has 0 bridgehead atoms. The summed E-state index contributed by atoms with van der Waals surface area (Å²) in [6.07, 6.45) is -0.698. The van der Waals surface area contributed by atoms with Crippen molar-refractivity contribution in [3.05, 3.63) is 29.3 Å². The molecule has 0 heterocycles. The number of carbonyl (C=O) groups excluding carboxylic acids is 2. The van der Waals surface area contributed by atoms with Crippen LogP contribution in [0.3, 0.4) is 0 Å². The summed E-state index contributed by atoms with van der Waals surface area (Å²) < 4.78 is 31.9. The summed E-state index contributed by atoms with van der Waals surface area (Å²) in [6.45, 7) is 1.38. The number of hydrogen-bond donors (Lipinski definition) is 0. The van der Waals surface area contributed by atoms with E-state index in [1.807, 2.05) is 0 Å². The normalized spacial score (nSPS) is 11.8. The zero-order valence-corrected chi connectivity index (χ0v) is 10.2. The third kappa shape index (κ3) is 3.03. The van der Waals surface area contributed by atoms with E-state index in [4.69, 9.17) is 4.74 Å². The molecule has 18 heavy (non-hydrogen) atoms. The minimum atomic E-state index is -1.02. The first-order valence-electron chi connectivity index (χ1n) is 5.19. The molecule has 1 rings (SSSR count). The molecular weight excluding hydrogens is 244 g/mol. The lowest BCUT2D eigenvalue weighted by Crippen LogP contribution is -2.35. The second-order valence-corrected chi connectivity index (χ2v) is 3.92. The zero-order valence-electron chi connectivity index (χ0n) is 10.2. The molecule has 0 fully saturated rings. The summed E-state index contributed by atoms with van der Waals surface area (Å²) in [5, 5.41) is 0. The van der Waals surface area contributed by atoms with Crippen molar-refractivity contribution in [1.29, 1.82) is 0 Å². The highest BCUT2D eigenvalue weighted by Crippen LogP contribution is 2.24. The summed E-state index contributed by atoms with van der Waals surface area (Å²) >= 11 is 0. The van der Waals surface area contributed by atoms with Gasteiger partial charge in [-0.25, -0.2) is 8.78 Å². The average molecular weight is 257 g/mol. The van der Waals surface area contributed by atoms with E-state index >= 15 is 0 Å². The fourth-order valence-electron chi connectivity index (χ4n) is 1.35. The molecule has 6 heteroatoms. The number of carbonyl (C=O) groups is 2. The number of rotatable bonds is 4. The predicted molar refractivity (Wildman–Crippen MR) is 60.5 cm³/mol. The molecule has 1 aromatic carbocycles. The Bertz CT molecular complexity index is 451. The van der Waals surface area contributed by atoms with Crippen molar-refractivity contribution in [2.45, 2.75) is 13.0 Å². The molecule has 98 valence electrons. The molecule has 1 aromatic rings. The maximum atomic E-state index is 13.5. The molecule has 4 nitrogen and oxygen atoms in total. The second-order valence-electron chi connectivity index (χ2n) is 3.92. The number of ether oxygens (including phenoxy) is 1. The van der Waals surface area contributed by atoms with Gasteiger partial charge in [0.2, 0.25) is 0 Å². The summed E-state index contributed by atoms with van der Waals surface area (Å²) in [6, 6.07) is 1.69. The SMILES string of the molecule is CC(Oc1c(F)cc(C=O)cc1F)C(=O)N(C)C. The van der Waals surface area contributed by atoms with Crippen molar-refractivity contribution in [2.24, 2.45) is 0 Å². The van der Waals surface area contributed by atoms with Gasteiger partial charge in [-0.05, 0) is 19.1 Å². The number of halogens is 2. The molecule has 0 saturated heterocycles. The number of nitrogens with zero attached hydrogens (tertiary/aromatic N) is 1. The standard InChI is InChI=1S/C12H13F2NO3/c1-7(12(17)15(2)3)18-11-9(13)4-8(6-16)5-10(11)14/h4-7H,1-3H3. The fraction of sp³-hybridized carbons (Fsp3) is 0.333. The Morgan fingerprint density at radius 1 is 1.33 bits per heavy atom. The average Bonchev–Trinajstić information content (AvgIpc) is 2.31. The molecule has 0 aliphatic rings. The fourth-order valence-corrected chi connectivity index (χ4v) is 1.35. The minimum Gasteiger partial charge on any atom is -0.475 e. The third-order valence-electron chi connectivity index (χ3n) is 2.24. The van der Waals surface area contributed by atoms with Crippen molar-refractivity contribution in [1.82, 2.24) is 4.90 Å². The summed E-state index contributed by atoms with van der Waals surface area (Å²) in [5.41, 5.74) is -0.135. The van der Waals surface area contributed by atoms with E-state index in [0.29, 0.717) is 6.29 Å². The van der Waals surface area contributed by atoms with Crippen LogP contribution in [-0.2, 0) is 4.79 Å². The Labute approximate surface area is 103 Å². The molecule has 0 radical (unpaired) electrons. The van der Waals surface area contributed by atoms with Gasteiger partial charge in [0, 0.05) is 19.7 Å². The van der Waals surface area contributed by atoms with Gasteiger partial charge < -0.3 is 9.64 Å². The molecule has 0 spiro atoms. The number of likely N-dealkylation sites (N-methyl/N-ethyl adjacent to an activating group) is 1. The van der Waals surface area contributed by atoms with E-state index in [9.17, 15) is 18.4 Å². The van der Waals surface area contributed by atoms with Crippen LogP contribution in [-0.4, -0.2) is 37.3 Å². The smallest absolute Gasteiger partial charge is 0.262 e. The van der Waals surface area contributed by atoms with E-state index in [1.165, 1.54) is 25.9 Å². The molecule has 0 aliphatic carbocycles. The van der Waals surface area contributed by atoms with E-state index in [2.05, 4.69) is 0 Å². The van der Waals surface area contributed by atoms with Crippen molar-refractivity contribution in [3.8, 4) is 5.75 Å². The van der Waals surface area contributed by atoms with Crippen LogP contribution >= 0.6 is 0 Å². The van der Waals surface area contributed by atoms with Gasteiger partial charge in [-0.3, -0.25) is 9.59 Å². The minimum absolute atomic E-state index is 0.135. The molecule has 1 amide bonds. The van der Waals surface area contributed by atoms with E-state index in [0.717, 1.165) is 12.1 Å². The van der Waals surface area contributed by atoms with Gasteiger partial charge in [-0.15, -0.1) is 0 Å². The highest BCUT2D eigenvalue weighted by Gasteiger charge is 2.21. The van der Waals surface area contributed by atoms with Gasteiger partial charge in [-0.1, -0.05) is 0 Å². The molecule has 1 atom stereocenters. The number of benzene rings is 1. The Morgan fingerprint density at radius 3 is 2.22 bits per heavy atom. The van der Waals surface area contributed by atoms with Crippen LogP contribution in [0.4, 0.5) is 8.78 Å². The third-order valence-corrected chi connectivity index (χ3v) is 2.24. The van der Waals surface area contributed by atoms with Crippen LogP contribution in [0, 0.1) is 11.6 Å². The highest BCUT2D eigenvalue weighted by atomic mass is 19.1. The topological polar surface area (TPSA) is 46.6 Å². The summed E-state index contributed by atoms with van der Waals surface area (Å²) in [7, 11) is 3.01. The molecule has 1 unspecified atom stereocenters. The van der Waals surface area contributed by atoms with Crippen molar-refractivity contribution in [3.63, 3.8) is 0 Å². The van der Waals surface area contributed by atoms with Gasteiger partial charge in [0.25, 0.3) is 5.91 Å². The monoisotopic (exact) mass is 257 g/mol. The predicted octanol–water partition coefficient (Wildman–Crippen LogP) is 1.63. The number of hydrogen-bond acceptors (Lipinski definition) is 3. The summed E-state index contributed by atoms with van der Waals surface area (Å²) in [4.78, 5) is 23.2. The zero-order chi connectivity index (χ0) is 13.9. The van der Waals surface area contributed by atoms with Crippen LogP contribution < -0.4 is 4.74 Å². The highest BCUT2D eigenvalue weighted by molar-refractivity contribution is 5.80. The molecule has 0 aromatic heterocycles. The molecule has 0 aliphatic heterocycles. The van der Waals surface area contributed by atoms with Crippen molar-refractivity contribution in [2.75, 3.05) is 14.1 Å². The number of aldehydes is 1. The van der Waals surface area contributed by atoms with Crippen LogP contribution in [0.2, 0.25) is 0 Å². The first-order chi connectivity index (χ1) is 8.36. The van der Waals surface area contributed by atoms with Crippen LogP contribution in [0.5, 0.6) is 5.75 Å². The van der Waals surface area contributed by atoms with Gasteiger partial charge >= 0.3 is 0 Å².